The molecule has 17 aliphatic rings. The number of hydrogen-bond acceptors (Lipinski definition) is 13. The maximum Gasteiger partial charge on any atom is 0.339 e. The van der Waals surface area contributed by atoms with Gasteiger partial charge in [0, 0.05) is 41.3 Å². The van der Waals surface area contributed by atoms with Gasteiger partial charge in [-0.05, 0) is 190 Å². The second-order valence-electron chi connectivity index (χ2n) is 31.6. The van der Waals surface area contributed by atoms with Crippen LogP contribution in [0.5, 0.6) is 0 Å². The van der Waals surface area contributed by atoms with Gasteiger partial charge in [-0.3, -0.25) is 14.9 Å². The molecule has 6 spiro atoms. The van der Waals surface area contributed by atoms with Crippen LogP contribution in [0.25, 0.3) is 0 Å². The number of aliphatic hydroxyl groups is 3. The Morgan fingerprint density at radius 3 is 2.67 bits per heavy atom. The van der Waals surface area contributed by atoms with Crippen molar-refractivity contribution in [1.82, 2.24) is 10.2 Å². The van der Waals surface area contributed by atoms with Crippen LogP contribution >= 0.6 is 0 Å². The number of epoxide rings is 1. The fourth-order valence-electron chi connectivity index (χ4n) is 27.1. The number of nitrogens with zero attached hydrogens (tertiary/aromatic N) is 1. The number of benzene rings is 1. The molecule has 448 valence electrons. The van der Waals surface area contributed by atoms with E-state index in [9.17, 15) is 15.3 Å². The number of carbonyl (C=O) groups is 3. The lowest BCUT2D eigenvalue weighted by Gasteiger charge is -2.74. The van der Waals surface area contributed by atoms with Crippen LogP contribution in [0.3, 0.4) is 0 Å². The average molecular weight is 1150 g/mol. The molecule has 25 atom stereocenters. The van der Waals surface area contributed by atoms with Crippen molar-refractivity contribution in [3.8, 4) is 11.8 Å². The van der Waals surface area contributed by atoms with E-state index < -0.39 is 98.1 Å². The Bertz CT molecular complexity index is 3390. The van der Waals surface area contributed by atoms with Gasteiger partial charge in [0.15, 0.2) is 17.5 Å². The Morgan fingerprint density at radius 2 is 1.81 bits per heavy atom. The first kappa shape index (κ1) is 52.4. The van der Waals surface area contributed by atoms with E-state index in [0.717, 1.165) is 103 Å². The number of fused-ring (bicyclic) bond motifs is 7. The molecule has 85 heavy (non-hydrogen) atoms. The molecule has 0 radical (unpaired) electrons. The largest absolute Gasteiger partial charge is 0.469 e. The number of Topliss-reactive ketones (excluding diaryl/α,β-unsaturated/α-hetero) is 1. The Hall–Kier alpha value is -4.55. The minimum absolute atomic E-state index is 0.0157. The summed E-state index contributed by atoms with van der Waals surface area (Å²) in [4.78, 5) is 52.5. The second kappa shape index (κ2) is 17.2. The lowest BCUT2D eigenvalue weighted by molar-refractivity contribution is -0.319. The van der Waals surface area contributed by atoms with E-state index in [1.807, 2.05) is 6.07 Å². The van der Waals surface area contributed by atoms with Gasteiger partial charge in [-0.25, -0.2) is 4.79 Å². The third-order valence-electron chi connectivity index (χ3n) is 29.4. The molecule has 1 aromatic heterocycles. The Kier molecular flexibility index (Phi) is 10.6. The van der Waals surface area contributed by atoms with E-state index in [-0.39, 0.29) is 72.1 Å². The third-order valence-corrected chi connectivity index (χ3v) is 29.4. The van der Waals surface area contributed by atoms with Crippen LogP contribution in [0, 0.1) is 116 Å². The van der Waals surface area contributed by atoms with E-state index in [2.05, 4.69) is 89.8 Å². The van der Waals surface area contributed by atoms with Crippen molar-refractivity contribution in [2.75, 3.05) is 26.4 Å². The summed E-state index contributed by atoms with van der Waals surface area (Å²) in [5.74, 6) is 6.60. The number of nitrogens with one attached hydrogen (secondary N) is 1. The number of ether oxygens (including phenoxy) is 4. The molecule has 8 saturated carbocycles. The third kappa shape index (κ3) is 5.73. The van der Waals surface area contributed by atoms with Crippen LogP contribution in [0.1, 0.15) is 139 Å². The first-order chi connectivity index (χ1) is 41.3. The minimum Gasteiger partial charge on any atom is -0.469 e. The van der Waals surface area contributed by atoms with Crippen molar-refractivity contribution >= 4 is 17.7 Å². The summed E-state index contributed by atoms with van der Waals surface area (Å²) < 4.78 is 37.8. The predicted molar refractivity (Wildman–Crippen MR) is 308 cm³/mol. The summed E-state index contributed by atoms with van der Waals surface area (Å²) in [7, 11) is 0. The maximum absolute atomic E-state index is 17.7. The molecule has 13 fully saturated rings. The summed E-state index contributed by atoms with van der Waals surface area (Å²) in [6.45, 7) is 3.74. The number of cyclic esters (lactones) is 1. The number of allylic oxidation sites excluding steroid dienone is 2. The van der Waals surface area contributed by atoms with Gasteiger partial charge in [-0.2, -0.15) is 0 Å². The fourth-order valence-corrected chi connectivity index (χ4v) is 27.1. The first-order valence-electron chi connectivity index (χ1n) is 33.7. The molecule has 13 nitrogen and oxygen atoms in total. The normalized spacial score (nSPS) is 52.4. The second-order valence-corrected chi connectivity index (χ2v) is 31.6. The Balaban J connectivity index is 0.846. The van der Waals surface area contributed by atoms with Gasteiger partial charge in [-0.1, -0.05) is 92.7 Å². The molecule has 2 aromatic rings. The van der Waals surface area contributed by atoms with Crippen LogP contribution in [0.15, 0.2) is 83.2 Å². The van der Waals surface area contributed by atoms with E-state index >= 15 is 14.4 Å². The summed E-state index contributed by atoms with van der Waals surface area (Å²) in [6, 6.07) is 13.2. The number of aliphatic hydroxyl groups excluding tert-OH is 3. The molecular weight excluding hydrogens is 1070 g/mol. The standard InChI is InChI=1S/C72H84N2O11/c1-64-34-46-35-65-33-42-18-24-68(65)63(80)82-38-66-58(46)70(60(78)57(77)59(66)67(47-12-6-3-7-13-47)23-19-48(31-49(65)28-42)71(66,68)85-67)53-29-41(27-40-9-4-2-5-10-40)14-15-43(53)11-8-22-69(64,84-62(79)61-72(64,70)83-61)52-21-26-81-56(52)32-51(55(76)37-75)44-16-17-50-45(30-44)20-25-74-39-73-36-54(50)74/h2,4-5,9-10,18-21,24-26,41-47,49-51,53-55,58-61,73,75-76,78H,3,6-7,12-17,22-23,27-39H2,1H3/t41-,42+,43-,44+,45+,46-,49+,50-,51-,53+,54-,55+,58+,59-,60+,61+,64-,65-,66+,67+,68-,69-,70-,71+,72+/m0/s1. The Labute approximate surface area is 498 Å². The predicted octanol–water partition coefficient (Wildman–Crippen LogP) is 8.68. The highest BCUT2D eigenvalue weighted by molar-refractivity contribution is 5.96. The van der Waals surface area contributed by atoms with Gasteiger partial charge in [0.05, 0.1) is 49.0 Å². The molecule has 10 bridgehead atoms. The molecule has 8 heterocycles. The summed E-state index contributed by atoms with van der Waals surface area (Å²) in [5.41, 5.74) is -7.47. The molecular formula is C72H84N2O11. The van der Waals surface area contributed by atoms with Gasteiger partial charge in [0.1, 0.15) is 35.1 Å². The van der Waals surface area contributed by atoms with E-state index in [1.165, 1.54) is 11.1 Å². The van der Waals surface area contributed by atoms with E-state index in [0.29, 0.717) is 61.3 Å². The number of ketones is 1. The highest BCUT2D eigenvalue weighted by Gasteiger charge is 3.02. The van der Waals surface area contributed by atoms with Crippen LogP contribution in [0.4, 0.5) is 0 Å². The maximum atomic E-state index is 17.7. The molecule has 4 N–H and O–H groups in total. The molecule has 13 heteroatoms. The fraction of sp³-hybridized carbons (Fsp3) is 0.708. The number of hydrogen-bond donors (Lipinski definition) is 4. The highest BCUT2D eigenvalue weighted by atomic mass is 16.7. The monoisotopic (exact) mass is 1150 g/mol. The van der Waals surface area contributed by atoms with Gasteiger partial charge in [-0.15, -0.1) is 0 Å². The SMILES string of the molecule is C[C@]12C[C@H]3C[C@]45C[C@@H]6C=C[C@]47C(=O)OC[C@@]48[C@@H]3[C@]3([C@H](O)C(=O)[C@@H]4[C@]4(C9CCCCC9)CC=C(C[C@H]5C6)[C@@]87O4)[C@@H]4C[C@H](Cc5ccccc5)CC[C@@H]4C#CC[C@@]1(c1ccoc1C[C@@H]([C@@H]1CC[C@H]4[C@H](C=CN5CNC[C@@H]45)C1)[C@H](O)CO)OC(=O)[C@H]1O[C@@]132. The minimum atomic E-state index is -1.56. The van der Waals surface area contributed by atoms with Crippen molar-refractivity contribution in [1.29, 1.82) is 0 Å². The Morgan fingerprint density at radius 1 is 0.941 bits per heavy atom. The van der Waals surface area contributed by atoms with Crippen molar-refractivity contribution in [2.45, 2.75) is 182 Å². The first-order valence-corrected chi connectivity index (χ1v) is 33.7. The number of furan rings is 1. The van der Waals surface area contributed by atoms with Crippen LogP contribution in [-0.2, 0) is 51.8 Å². The topological polar surface area (TPSA) is 181 Å². The summed E-state index contributed by atoms with van der Waals surface area (Å²) in [6.07, 6.45) is 25.7. The summed E-state index contributed by atoms with van der Waals surface area (Å²) >= 11 is 0. The molecule has 0 amide bonds. The van der Waals surface area contributed by atoms with E-state index in [4.69, 9.17) is 23.4 Å². The van der Waals surface area contributed by atoms with E-state index in [1.54, 1.807) is 6.26 Å². The lowest BCUT2D eigenvalue weighted by atomic mass is 9.28. The molecule has 19 rings (SSSR count). The lowest BCUT2D eigenvalue weighted by Crippen LogP contribution is -2.84. The van der Waals surface area contributed by atoms with Crippen LogP contribution in [0.2, 0.25) is 0 Å². The van der Waals surface area contributed by atoms with Crippen LogP contribution < -0.4 is 5.32 Å². The molecule has 7 aliphatic heterocycles. The highest BCUT2D eigenvalue weighted by Crippen LogP contribution is 2.93. The smallest absolute Gasteiger partial charge is 0.339 e. The van der Waals surface area contributed by atoms with Crippen LogP contribution in [-0.4, -0.2) is 106 Å². The quantitative estimate of drug-likeness (QED) is 0.0812. The number of carbonyl (C=O) groups excluding carboxylic acids is 3. The zero-order chi connectivity index (χ0) is 57.0. The van der Waals surface area contributed by atoms with Gasteiger partial charge in [0.2, 0.25) is 0 Å². The average Bonchev–Trinajstić information content (AvgIpc) is 1.45. The van der Waals surface area contributed by atoms with Crippen molar-refractivity contribution in [3.63, 3.8) is 0 Å². The van der Waals surface area contributed by atoms with Crippen molar-refractivity contribution in [3.05, 3.63) is 95.6 Å². The zero-order valence-corrected chi connectivity index (χ0v) is 49.3. The van der Waals surface area contributed by atoms with Gasteiger partial charge < -0.3 is 43.6 Å². The van der Waals surface area contributed by atoms with Gasteiger partial charge >= 0.3 is 11.9 Å². The van der Waals surface area contributed by atoms with Crippen molar-refractivity contribution in [2.24, 2.45) is 104 Å². The molecule has 10 aliphatic carbocycles. The number of rotatable bonds is 9. The molecule has 5 saturated heterocycles. The molecule has 0 unspecified atom stereocenters. The molecule has 1 aromatic carbocycles. The zero-order valence-electron chi connectivity index (χ0n) is 49.3. The van der Waals surface area contributed by atoms with Crippen molar-refractivity contribution < 1.29 is 53.1 Å². The van der Waals surface area contributed by atoms with Gasteiger partial charge in [0.25, 0.3) is 0 Å². The summed E-state index contributed by atoms with van der Waals surface area (Å²) in [5, 5.41) is 41.7. The number of esters is 2.